The summed E-state index contributed by atoms with van der Waals surface area (Å²) in [6, 6.07) is 12.5. The number of nitrogens with one attached hydrogen (secondary N) is 1. The van der Waals surface area contributed by atoms with Crippen LogP contribution in [0.25, 0.3) is 11.2 Å². The van der Waals surface area contributed by atoms with Crippen molar-refractivity contribution < 1.29 is 0 Å². The topological polar surface area (TPSA) is 57.2 Å². The Kier molecular flexibility index (Phi) is 4.33. The molecular weight excluding hydrogens is 336 g/mol. The van der Waals surface area contributed by atoms with Crippen molar-refractivity contribution in [1.82, 2.24) is 19.9 Å². The minimum atomic E-state index is 0.658. The van der Waals surface area contributed by atoms with Crippen LogP contribution in [0.5, 0.6) is 0 Å². The second-order valence-corrected chi connectivity index (χ2v) is 7.50. The van der Waals surface area contributed by atoms with Crippen LogP contribution in [0.3, 0.4) is 0 Å². The summed E-state index contributed by atoms with van der Waals surface area (Å²) in [4.78, 5) is 18.2. The van der Waals surface area contributed by atoms with Gasteiger partial charge in [-0.15, -0.1) is 0 Å². The van der Waals surface area contributed by atoms with Crippen LogP contribution in [-0.2, 0) is 0 Å². The Balaban J connectivity index is 1.27. The monoisotopic (exact) mass is 360 g/mol. The number of fused-ring (bicyclic) bond motifs is 1. The molecule has 5 rings (SSSR count). The average molecular weight is 360 g/mol. The predicted octanol–water partition coefficient (Wildman–Crippen LogP) is 3.30. The van der Waals surface area contributed by atoms with Crippen molar-refractivity contribution in [1.29, 1.82) is 0 Å². The summed E-state index contributed by atoms with van der Waals surface area (Å²) >= 11 is 0. The first-order chi connectivity index (χ1) is 13.3. The summed E-state index contributed by atoms with van der Waals surface area (Å²) in [5, 5.41) is 3.40. The lowest BCUT2D eigenvalue weighted by molar-refractivity contribution is 0.248. The molecule has 138 valence electrons. The molecule has 0 spiro atoms. The van der Waals surface area contributed by atoms with Crippen LogP contribution < -0.4 is 10.2 Å². The summed E-state index contributed by atoms with van der Waals surface area (Å²) in [6.45, 7) is 5.82. The van der Waals surface area contributed by atoms with Gasteiger partial charge >= 0.3 is 0 Å². The van der Waals surface area contributed by atoms with E-state index in [2.05, 4.69) is 54.3 Å². The van der Waals surface area contributed by atoms with Gasteiger partial charge in [-0.3, -0.25) is 9.88 Å². The van der Waals surface area contributed by atoms with Crippen LogP contribution in [0.15, 0.2) is 48.8 Å². The second kappa shape index (κ2) is 7.12. The van der Waals surface area contributed by atoms with Crippen LogP contribution in [0.4, 0.5) is 17.2 Å². The molecule has 1 aromatic carbocycles. The number of anilines is 3. The highest BCUT2D eigenvalue weighted by Crippen LogP contribution is 2.30. The van der Waals surface area contributed by atoms with Gasteiger partial charge in [-0.1, -0.05) is 6.07 Å². The van der Waals surface area contributed by atoms with E-state index in [9.17, 15) is 0 Å². The lowest BCUT2D eigenvalue weighted by Gasteiger charge is -2.36. The van der Waals surface area contributed by atoms with E-state index in [1.807, 2.05) is 12.1 Å². The molecule has 0 radical (unpaired) electrons. The van der Waals surface area contributed by atoms with Gasteiger partial charge in [0.2, 0.25) is 0 Å². The van der Waals surface area contributed by atoms with Crippen molar-refractivity contribution in [3.63, 3.8) is 0 Å². The molecule has 0 unspecified atom stereocenters. The van der Waals surface area contributed by atoms with Gasteiger partial charge in [0, 0.05) is 56.5 Å². The highest BCUT2D eigenvalue weighted by Gasteiger charge is 2.26. The quantitative estimate of drug-likeness (QED) is 0.753. The van der Waals surface area contributed by atoms with Crippen molar-refractivity contribution in [3.05, 3.63) is 48.8 Å². The molecular formula is C21H24N6. The van der Waals surface area contributed by atoms with E-state index in [1.165, 1.54) is 38.2 Å². The molecule has 0 atom stereocenters. The third kappa shape index (κ3) is 3.85. The van der Waals surface area contributed by atoms with E-state index in [1.54, 1.807) is 12.4 Å². The minimum Gasteiger partial charge on any atom is -0.369 e. The van der Waals surface area contributed by atoms with Crippen molar-refractivity contribution in [3.8, 4) is 0 Å². The van der Waals surface area contributed by atoms with Gasteiger partial charge in [-0.2, -0.15) is 0 Å². The first-order valence-electron chi connectivity index (χ1n) is 9.76. The fourth-order valence-corrected chi connectivity index (χ4v) is 3.71. The van der Waals surface area contributed by atoms with Crippen LogP contribution in [-0.4, -0.2) is 52.6 Å². The average Bonchev–Trinajstić information content (AvgIpc) is 3.53. The van der Waals surface area contributed by atoms with Crippen molar-refractivity contribution >= 4 is 28.4 Å². The largest absolute Gasteiger partial charge is 0.369 e. The number of piperazine rings is 1. The Hall–Kier alpha value is -2.73. The van der Waals surface area contributed by atoms with Gasteiger partial charge in [0.1, 0.15) is 11.3 Å². The number of benzene rings is 1. The number of hydrogen-bond donors (Lipinski definition) is 1. The van der Waals surface area contributed by atoms with Crippen LogP contribution >= 0.6 is 0 Å². The van der Waals surface area contributed by atoms with Crippen molar-refractivity contribution in [2.45, 2.75) is 12.8 Å². The molecule has 1 saturated carbocycles. The molecule has 6 heteroatoms. The highest BCUT2D eigenvalue weighted by atomic mass is 15.3. The van der Waals surface area contributed by atoms with Crippen LogP contribution in [0.2, 0.25) is 0 Å². The molecule has 0 bridgehead atoms. The number of nitrogens with zero attached hydrogens (tertiary/aromatic N) is 5. The summed E-state index contributed by atoms with van der Waals surface area (Å²) in [5.74, 6) is 1.76. The van der Waals surface area contributed by atoms with Crippen LogP contribution in [0, 0.1) is 5.92 Å². The zero-order valence-corrected chi connectivity index (χ0v) is 15.4. The SMILES string of the molecule is c1cc(Nc2ccc3nccnc3n2)cc(N2CCN(CC3CC3)CC2)c1. The third-order valence-electron chi connectivity index (χ3n) is 5.40. The predicted molar refractivity (Wildman–Crippen MR) is 108 cm³/mol. The summed E-state index contributed by atoms with van der Waals surface area (Å²) < 4.78 is 0. The summed E-state index contributed by atoms with van der Waals surface area (Å²) in [5.41, 5.74) is 3.78. The molecule has 1 aliphatic heterocycles. The molecule has 3 heterocycles. The van der Waals surface area contributed by atoms with Crippen molar-refractivity contribution in [2.75, 3.05) is 42.9 Å². The van der Waals surface area contributed by atoms with Gasteiger partial charge in [0.05, 0.1) is 0 Å². The highest BCUT2D eigenvalue weighted by molar-refractivity contribution is 5.73. The minimum absolute atomic E-state index is 0.658. The fourth-order valence-electron chi connectivity index (χ4n) is 3.71. The molecule has 1 N–H and O–H groups in total. The standard InChI is InChI=1S/C21H24N6/c1-2-17(24-20-7-6-19-21(25-20)23-9-8-22-19)14-18(3-1)27-12-10-26(11-13-27)15-16-4-5-16/h1-3,6-9,14,16H,4-5,10-13,15H2,(H,23,24,25). The van der Waals surface area contributed by atoms with E-state index in [0.717, 1.165) is 36.0 Å². The Morgan fingerprint density at radius 2 is 1.81 bits per heavy atom. The zero-order chi connectivity index (χ0) is 18.1. The lowest BCUT2D eigenvalue weighted by atomic mass is 10.2. The Labute approximate surface area is 159 Å². The number of rotatable bonds is 5. The van der Waals surface area contributed by atoms with Crippen LogP contribution in [0.1, 0.15) is 12.8 Å². The normalized spacial score (nSPS) is 18.0. The van der Waals surface area contributed by atoms with E-state index in [-0.39, 0.29) is 0 Å². The Bertz CT molecular complexity index is 931. The van der Waals surface area contributed by atoms with Gasteiger partial charge < -0.3 is 10.2 Å². The Morgan fingerprint density at radius 1 is 0.963 bits per heavy atom. The van der Waals surface area contributed by atoms with E-state index >= 15 is 0 Å². The summed E-state index contributed by atoms with van der Waals surface area (Å²) in [6.07, 6.45) is 6.22. The molecule has 0 amide bonds. The van der Waals surface area contributed by atoms with Gasteiger partial charge in [-0.05, 0) is 49.1 Å². The molecule has 2 aliphatic rings. The number of aromatic nitrogens is 3. The van der Waals surface area contributed by atoms with E-state index in [0.29, 0.717) is 5.65 Å². The van der Waals surface area contributed by atoms with E-state index < -0.39 is 0 Å². The second-order valence-electron chi connectivity index (χ2n) is 7.50. The smallest absolute Gasteiger partial charge is 0.180 e. The molecule has 3 aromatic rings. The molecule has 27 heavy (non-hydrogen) atoms. The fraction of sp³-hybridized carbons (Fsp3) is 0.381. The zero-order valence-electron chi connectivity index (χ0n) is 15.4. The molecule has 1 saturated heterocycles. The van der Waals surface area contributed by atoms with E-state index in [4.69, 9.17) is 0 Å². The van der Waals surface area contributed by atoms with Gasteiger partial charge in [0.15, 0.2) is 5.65 Å². The first kappa shape index (κ1) is 16.4. The van der Waals surface area contributed by atoms with Gasteiger partial charge in [0.25, 0.3) is 0 Å². The molecule has 1 aliphatic carbocycles. The molecule has 6 nitrogen and oxygen atoms in total. The number of pyridine rings is 1. The Morgan fingerprint density at radius 3 is 2.67 bits per heavy atom. The maximum absolute atomic E-state index is 4.55. The maximum atomic E-state index is 4.55. The number of hydrogen-bond acceptors (Lipinski definition) is 6. The lowest BCUT2D eigenvalue weighted by Crippen LogP contribution is -2.47. The maximum Gasteiger partial charge on any atom is 0.180 e. The molecule has 2 fully saturated rings. The van der Waals surface area contributed by atoms with Crippen molar-refractivity contribution in [2.24, 2.45) is 5.92 Å². The third-order valence-corrected chi connectivity index (χ3v) is 5.40. The molecule has 2 aromatic heterocycles. The van der Waals surface area contributed by atoms with Gasteiger partial charge in [-0.25, -0.2) is 9.97 Å². The summed E-state index contributed by atoms with van der Waals surface area (Å²) in [7, 11) is 0. The first-order valence-corrected chi connectivity index (χ1v) is 9.76.